The van der Waals surface area contributed by atoms with Crippen LogP contribution in [0.4, 0.5) is 0 Å². The average molecular weight is 460 g/mol. The average Bonchev–Trinajstić information content (AvgIpc) is 3.16. The molecule has 0 aliphatic carbocycles. The van der Waals surface area contributed by atoms with Crippen molar-refractivity contribution in [1.82, 2.24) is 10.3 Å². The Labute approximate surface area is 190 Å². The topological polar surface area (TPSA) is 80.2 Å². The number of thioether (sulfide) groups is 2. The highest BCUT2D eigenvalue weighted by Gasteiger charge is 2.32. The number of methoxy groups -OCH3 is 1. The molecule has 3 rings (SSSR count). The van der Waals surface area contributed by atoms with Crippen LogP contribution in [0.5, 0.6) is 11.5 Å². The summed E-state index contributed by atoms with van der Waals surface area (Å²) in [5.41, 5.74) is 2.06. The third-order valence-corrected chi connectivity index (χ3v) is 6.43. The first-order chi connectivity index (χ1) is 14.9. The Morgan fingerprint density at radius 1 is 1.16 bits per heavy atom. The van der Waals surface area contributed by atoms with E-state index >= 15 is 0 Å². The van der Waals surface area contributed by atoms with E-state index in [1.54, 1.807) is 18.9 Å². The van der Waals surface area contributed by atoms with Crippen molar-refractivity contribution in [1.29, 1.82) is 0 Å². The first-order valence-electron chi connectivity index (χ1n) is 9.70. The first-order valence-corrected chi connectivity index (χ1v) is 11.6. The fourth-order valence-corrected chi connectivity index (χ4v) is 4.74. The molecule has 164 valence electrons. The minimum atomic E-state index is -0.389. The second-order valence-corrected chi connectivity index (χ2v) is 9.08. The standard InChI is InChI=1S/C22H25N3O4S2/c1-14-5-8-18(9-6-14)30-12-11-29-19-10-7-17(13-20(19)28-4)21-25(16(3)27)24-22(31-21)23-15(2)26/h5-10,13,21H,11-12H2,1-4H3,(H,23,24,26). The predicted molar refractivity (Wildman–Crippen MR) is 124 cm³/mol. The molecule has 31 heavy (non-hydrogen) atoms. The number of nitrogens with one attached hydrogen (secondary N) is 1. The molecule has 2 aromatic rings. The molecule has 0 aromatic heterocycles. The van der Waals surface area contributed by atoms with Crippen LogP contribution in [-0.4, -0.2) is 41.5 Å². The molecule has 0 saturated heterocycles. The summed E-state index contributed by atoms with van der Waals surface area (Å²) in [4.78, 5) is 24.6. The van der Waals surface area contributed by atoms with E-state index in [0.717, 1.165) is 11.3 Å². The molecule has 1 atom stereocenters. The quantitative estimate of drug-likeness (QED) is 0.494. The molecule has 2 amide bonds. The molecule has 1 heterocycles. The number of aryl methyl sites for hydroxylation is 1. The van der Waals surface area contributed by atoms with Crippen LogP contribution in [0.1, 0.15) is 30.3 Å². The van der Waals surface area contributed by atoms with Gasteiger partial charge in [0.05, 0.1) is 13.7 Å². The predicted octanol–water partition coefficient (Wildman–Crippen LogP) is 4.18. The summed E-state index contributed by atoms with van der Waals surface area (Å²) in [6.07, 6.45) is 0. The Morgan fingerprint density at radius 3 is 2.55 bits per heavy atom. The van der Waals surface area contributed by atoms with Crippen LogP contribution >= 0.6 is 23.5 Å². The SMILES string of the molecule is COc1cc(C2SC(NC(C)=O)=NN2C(C)=O)ccc1OCCSc1ccc(C)cc1. The van der Waals surface area contributed by atoms with Gasteiger partial charge in [0.15, 0.2) is 16.7 Å². The van der Waals surface area contributed by atoms with Gasteiger partial charge in [-0.3, -0.25) is 9.59 Å². The summed E-state index contributed by atoms with van der Waals surface area (Å²) >= 11 is 3.03. The number of benzene rings is 2. The maximum atomic E-state index is 12.0. The van der Waals surface area contributed by atoms with Gasteiger partial charge in [-0.15, -0.1) is 16.9 Å². The molecule has 9 heteroatoms. The zero-order valence-electron chi connectivity index (χ0n) is 17.9. The van der Waals surface area contributed by atoms with Crippen LogP contribution in [0.2, 0.25) is 0 Å². The van der Waals surface area contributed by atoms with Gasteiger partial charge in [0.1, 0.15) is 5.37 Å². The maximum absolute atomic E-state index is 12.0. The van der Waals surface area contributed by atoms with Gasteiger partial charge in [-0.2, -0.15) is 0 Å². The zero-order valence-corrected chi connectivity index (χ0v) is 19.5. The summed E-state index contributed by atoms with van der Waals surface area (Å²) in [7, 11) is 1.58. The van der Waals surface area contributed by atoms with Crippen LogP contribution in [-0.2, 0) is 9.59 Å². The van der Waals surface area contributed by atoms with Gasteiger partial charge in [-0.05, 0) is 36.8 Å². The maximum Gasteiger partial charge on any atom is 0.241 e. The number of hydrazone groups is 1. The number of hydrogen-bond acceptors (Lipinski definition) is 7. The summed E-state index contributed by atoms with van der Waals surface area (Å²) in [5.74, 6) is 1.56. The number of amides is 2. The molecule has 1 aliphatic heterocycles. The van der Waals surface area contributed by atoms with Crippen LogP contribution in [0.25, 0.3) is 0 Å². The van der Waals surface area contributed by atoms with Gasteiger partial charge < -0.3 is 14.8 Å². The molecular weight excluding hydrogens is 434 g/mol. The highest BCUT2D eigenvalue weighted by molar-refractivity contribution is 8.14. The molecule has 0 fully saturated rings. The third kappa shape index (κ3) is 6.18. The number of carbonyl (C=O) groups is 2. The Morgan fingerprint density at radius 2 is 1.90 bits per heavy atom. The molecule has 1 aliphatic rings. The fraction of sp³-hybridized carbons (Fsp3) is 0.318. The summed E-state index contributed by atoms with van der Waals surface area (Å²) in [6.45, 7) is 5.44. The Kier molecular flexibility index (Phi) is 7.86. The van der Waals surface area contributed by atoms with Gasteiger partial charge in [-0.1, -0.05) is 35.5 Å². The number of rotatable bonds is 7. The van der Waals surface area contributed by atoms with E-state index in [0.29, 0.717) is 23.3 Å². The third-order valence-electron chi connectivity index (χ3n) is 4.35. The Bertz CT molecular complexity index is 979. The lowest BCUT2D eigenvalue weighted by Crippen LogP contribution is -2.25. The van der Waals surface area contributed by atoms with Crippen molar-refractivity contribution < 1.29 is 19.1 Å². The molecule has 1 N–H and O–H groups in total. The van der Waals surface area contributed by atoms with E-state index in [2.05, 4.69) is 41.6 Å². The monoisotopic (exact) mass is 459 g/mol. The Balaban J connectivity index is 1.64. The minimum Gasteiger partial charge on any atom is -0.493 e. The lowest BCUT2D eigenvalue weighted by atomic mass is 10.2. The van der Waals surface area contributed by atoms with E-state index in [-0.39, 0.29) is 17.2 Å². The van der Waals surface area contributed by atoms with Crippen molar-refractivity contribution in [3.05, 3.63) is 53.6 Å². The molecule has 7 nitrogen and oxygen atoms in total. The summed E-state index contributed by atoms with van der Waals surface area (Å²) < 4.78 is 11.4. The minimum absolute atomic E-state index is 0.217. The Hall–Kier alpha value is -2.65. The van der Waals surface area contributed by atoms with Crippen molar-refractivity contribution in [3.63, 3.8) is 0 Å². The highest BCUT2D eigenvalue weighted by atomic mass is 32.2. The van der Waals surface area contributed by atoms with E-state index in [4.69, 9.17) is 9.47 Å². The summed E-state index contributed by atoms with van der Waals surface area (Å²) in [5, 5.41) is 8.20. The van der Waals surface area contributed by atoms with Crippen LogP contribution < -0.4 is 14.8 Å². The van der Waals surface area contributed by atoms with Gasteiger partial charge >= 0.3 is 0 Å². The summed E-state index contributed by atoms with van der Waals surface area (Å²) in [6, 6.07) is 13.9. The van der Waals surface area contributed by atoms with Crippen molar-refractivity contribution in [3.8, 4) is 11.5 Å². The first kappa shape index (κ1) is 23.0. The normalized spacial score (nSPS) is 15.4. The van der Waals surface area contributed by atoms with Gasteiger partial charge in [0.25, 0.3) is 0 Å². The van der Waals surface area contributed by atoms with Crippen molar-refractivity contribution in [2.45, 2.75) is 31.0 Å². The molecule has 0 radical (unpaired) electrons. The van der Waals surface area contributed by atoms with Gasteiger partial charge in [-0.25, -0.2) is 5.01 Å². The smallest absolute Gasteiger partial charge is 0.241 e. The fourth-order valence-electron chi connectivity index (χ4n) is 2.88. The second-order valence-electron chi connectivity index (χ2n) is 6.84. The van der Waals surface area contributed by atoms with Gasteiger partial charge in [0.2, 0.25) is 11.8 Å². The zero-order chi connectivity index (χ0) is 22.4. The van der Waals surface area contributed by atoms with Crippen molar-refractivity contribution in [2.24, 2.45) is 5.10 Å². The molecule has 2 aromatic carbocycles. The number of ether oxygens (including phenoxy) is 2. The number of nitrogens with zero attached hydrogens (tertiary/aromatic N) is 2. The second kappa shape index (κ2) is 10.6. The number of hydrogen-bond donors (Lipinski definition) is 1. The van der Waals surface area contributed by atoms with Crippen molar-refractivity contribution in [2.75, 3.05) is 19.5 Å². The van der Waals surface area contributed by atoms with E-state index in [1.165, 1.54) is 41.1 Å². The van der Waals surface area contributed by atoms with Crippen LogP contribution in [0.15, 0.2) is 52.5 Å². The molecule has 0 bridgehead atoms. The lowest BCUT2D eigenvalue weighted by Gasteiger charge is -2.20. The van der Waals surface area contributed by atoms with E-state index in [9.17, 15) is 9.59 Å². The van der Waals surface area contributed by atoms with E-state index < -0.39 is 0 Å². The van der Waals surface area contributed by atoms with Crippen LogP contribution in [0, 0.1) is 6.92 Å². The highest BCUT2D eigenvalue weighted by Crippen LogP contribution is 2.41. The molecule has 0 saturated carbocycles. The van der Waals surface area contributed by atoms with Crippen molar-refractivity contribution >= 4 is 40.5 Å². The largest absolute Gasteiger partial charge is 0.493 e. The molecule has 1 unspecified atom stereocenters. The lowest BCUT2D eigenvalue weighted by molar-refractivity contribution is -0.129. The number of amidine groups is 1. The molecular formula is C22H25N3O4S2. The molecule has 0 spiro atoms. The van der Waals surface area contributed by atoms with Gasteiger partial charge in [0, 0.05) is 24.5 Å². The van der Waals surface area contributed by atoms with E-state index in [1.807, 2.05) is 18.2 Å². The number of carbonyl (C=O) groups excluding carboxylic acids is 2. The van der Waals surface area contributed by atoms with Crippen LogP contribution in [0.3, 0.4) is 0 Å².